The Kier molecular flexibility index (Phi) is 3.98. The van der Waals surface area contributed by atoms with Crippen LogP contribution in [0.2, 0.25) is 5.02 Å². The normalized spacial score (nSPS) is 20.8. The first kappa shape index (κ1) is 11.6. The van der Waals surface area contributed by atoms with Crippen molar-refractivity contribution in [3.05, 3.63) is 23.5 Å². The molecule has 1 fully saturated rings. The van der Waals surface area contributed by atoms with Crippen molar-refractivity contribution >= 4 is 17.3 Å². The predicted molar refractivity (Wildman–Crippen MR) is 65.1 cm³/mol. The molecule has 1 saturated heterocycles. The molecule has 1 unspecified atom stereocenters. The van der Waals surface area contributed by atoms with Crippen molar-refractivity contribution in [3.63, 3.8) is 0 Å². The van der Waals surface area contributed by atoms with Gasteiger partial charge in [-0.15, -0.1) is 0 Å². The SMILES string of the molecule is CN(CC1CNCCO1)c1ccncc1Cl. The van der Waals surface area contributed by atoms with Gasteiger partial charge in [-0.05, 0) is 6.07 Å². The van der Waals surface area contributed by atoms with E-state index in [-0.39, 0.29) is 6.10 Å². The molecule has 2 heterocycles. The molecular weight excluding hydrogens is 226 g/mol. The minimum atomic E-state index is 0.225. The van der Waals surface area contributed by atoms with E-state index in [9.17, 15) is 0 Å². The summed E-state index contributed by atoms with van der Waals surface area (Å²) < 4.78 is 5.65. The molecule has 0 bridgehead atoms. The van der Waals surface area contributed by atoms with Crippen molar-refractivity contribution in [2.75, 3.05) is 38.2 Å². The number of nitrogens with one attached hydrogen (secondary N) is 1. The molecule has 0 aliphatic carbocycles. The summed E-state index contributed by atoms with van der Waals surface area (Å²) in [5.74, 6) is 0. The Morgan fingerprint density at radius 1 is 1.69 bits per heavy atom. The Labute approximate surface area is 101 Å². The van der Waals surface area contributed by atoms with Gasteiger partial charge in [-0.25, -0.2) is 0 Å². The van der Waals surface area contributed by atoms with E-state index in [0.29, 0.717) is 5.02 Å². The molecule has 0 aromatic carbocycles. The molecule has 1 aromatic rings. The highest BCUT2D eigenvalue weighted by molar-refractivity contribution is 6.33. The van der Waals surface area contributed by atoms with Crippen LogP contribution in [-0.2, 0) is 4.74 Å². The third-order valence-electron chi connectivity index (χ3n) is 2.64. The highest BCUT2D eigenvalue weighted by Gasteiger charge is 2.16. The molecule has 16 heavy (non-hydrogen) atoms. The molecule has 1 atom stereocenters. The van der Waals surface area contributed by atoms with E-state index >= 15 is 0 Å². The number of likely N-dealkylation sites (N-methyl/N-ethyl adjacent to an activating group) is 1. The van der Waals surface area contributed by atoms with Crippen LogP contribution < -0.4 is 10.2 Å². The molecule has 1 aliphatic rings. The van der Waals surface area contributed by atoms with Crippen molar-refractivity contribution < 1.29 is 4.74 Å². The lowest BCUT2D eigenvalue weighted by Crippen LogP contribution is -2.44. The summed E-state index contributed by atoms with van der Waals surface area (Å²) in [6.07, 6.45) is 3.63. The summed E-state index contributed by atoms with van der Waals surface area (Å²) >= 11 is 6.08. The van der Waals surface area contributed by atoms with E-state index in [4.69, 9.17) is 16.3 Å². The van der Waals surface area contributed by atoms with Gasteiger partial charge in [0.05, 0.1) is 23.4 Å². The minimum Gasteiger partial charge on any atom is -0.374 e. The highest BCUT2D eigenvalue weighted by Crippen LogP contribution is 2.23. The molecule has 0 amide bonds. The van der Waals surface area contributed by atoms with Crippen LogP contribution in [0.5, 0.6) is 0 Å². The number of halogens is 1. The van der Waals surface area contributed by atoms with E-state index < -0.39 is 0 Å². The Hall–Kier alpha value is -0.840. The van der Waals surface area contributed by atoms with Crippen molar-refractivity contribution in [3.8, 4) is 0 Å². The number of hydrogen-bond acceptors (Lipinski definition) is 4. The Morgan fingerprint density at radius 3 is 3.25 bits per heavy atom. The van der Waals surface area contributed by atoms with E-state index in [1.165, 1.54) is 0 Å². The van der Waals surface area contributed by atoms with Crippen LogP contribution in [0.3, 0.4) is 0 Å². The summed E-state index contributed by atoms with van der Waals surface area (Å²) in [6.45, 7) is 3.45. The zero-order valence-electron chi connectivity index (χ0n) is 9.32. The molecule has 1 N–H and O–H groups in total. The number of pyridine rings is 1. The fraction of sp³-hybridized carbons (Fsp3) is 0.545. The standard InChI is InChI=1S/C11H16ClN3O/c1-15(8-9-6-14-4-5-16-9)11-2-3-13-7-10(11)12/h2-3,7,9,14H,4-6,8H2,1H3. The maximum absolute atomic E-state index is 6.08. The maximum atomic E-state index is 6.08. The Bertz CT molecular complexity index is 342. The van der Waals surface area contributed by atoms with Gasteiger partial charge in [0.1, 0.15) is 0 Å². The second-order valence-electron chi connectivity index (χ2n) is 3.90. The van der Waals surface area contributed by atoms with Crippen LogP contribution in [0.25, 0.3) is 0 Å². The smallest absolute Gasteiger partial charge is 0.0874 e. The average Bonchev–Trinajstić information content (AvgIpc) is 2.31. The third kappa shape index (κ3) is 2.84. The number of rotatable bonds is 3. The lowest BCUT2D eigenvalue weighted by Gasteiger charge is -2.29. The molecule has 2 rings (SSSR count). The first-order valence-corrected chi connectivity index (χ1v) is 5.78. The second-order valence-corrected chi connectivity index (χ2v) is 4.31. The predicted octanol–water partition coefficient (Wildman–Crippen LogP) is 1.16. The van der Waals surface area contributed by atoms with Gasteiger partial charge in [-0.1, -0.05) is 11.6 Å². The lowest BCUT2D eigenvalue weighted by atomic mass is 10.2. The molecule has 0 saturated carbocycles. The van der Waals surface area contributed by atoms with Crippen LogP contribution in [0.1, 0.15) is 0 Å². The highest BCUT2D eigenvalue weighted by atomic mass is 35.5. The summed E-state index contributed by atoms with van der Waals surface area (Å²) in [7, 11) is 2.01. The van der Waals surface area contributed by atoms with Crippen LogP contribution >= 0.6 is 11.6 Å². The Balaban J connectivity index is 1.96. The zero-order valence-corrected chi connectivity index (χ0v) is 10.1. The summed E-state index contributed by atoms with van der Waals surface area (Å²) in [5, 5.41) is 3.98. The summed E-state index contributed by atoms with van der Waals surface area (Å²) in [4.78, 5) is 6.07. The van der Waals surface area contributed by atoms with Crippen molar-refractivity contribution in [2.45, 2.75) is 6.10 Å². The molecule has 88 valence electrons. The zero-order chi connectivity index (χ0) is 11.4. The van der Waals surface area contributed by atoms with Gasteiger partial charge >= 0.3 is 0 Å². The van der Waals surface area contributed by atoms with E-state index in [0.717, 1.165) is 31.9 Å². The number of aromatic nitrogens is 1. The van der Waals surface area contributed by atoms with Gasteiger partial charge in [0.25, 0.3) is 0 Å². The number of nitrogens with zero attached hydrogens (tertiary/aromatic N) is 2. The first-order valence-electron chi connectivity index (χ1n) is 5.40. The summed E-state index contributed by atoms with van der Waals surface area (Å²) in [5.41, 5.74) is 0.992. The Morgan fingerprint density at radius 2 is 2.56 bits per heavy atom. The third-order valence-corrected chi connectivity index (χ3v) is 2.94. The number of ether oxygens (including phenoxy) is 1. The van der Waals surface area contributed by atoms with Crippen molar-refractivity contribution in [1.82, 2.24) is 10.3 Å². The topological polar surface area (TPSA) is 37.4 Å². The van der Waals surface area contributed by atoms with Gasteiger partial charge in [-0.3, -0.25) is 4.98 Å². The fourth-order valence-electron chi connectivity index (χ4n) is 1.82. The number of morpholine rings is 1. The molecule has 1 aliphatic heterocycles. The van der Waals surface area contributed by atoms with Crippen LogP contribution in [0.4, 0.5) is 5.69 Å². The average molecular weight is 242 g/mol. The minimum absolute atomic E-state index is 0.225. The molecule has 5 heteroatoms. The van der Waals surface area contributed by atoms with E-state index in [1.807, 2.05) is 13.1 Å². The molecular formula is C11H16ClN3O. The first-order chi connectivity index (χ1) is 7.77. The molecule has 0 spiro atoms. The van der Waals surface area contributed by atoms with E-state index in [2.05, 4.69) is 15.2 Å². The monoisotopic (exact) mass is 241 g/mol. The largest absolute Gasteiger partial charge is 0.374 e. The van der Waals surface area contributed by atoms with Gasteiger partial charge in [0.15, 0.2) is 0 Å². The second kappa shape index (κ2) is 5.48. The lowest BCUT2D eigenvalue weighted by molar-refractivity contribution is 0.0340. The van der Waals surface area contributed by atoms with Crippen LogP contribution in [0, 0.1) is 0 Å². The van der Waals surface area contributed by atoms with Crippen molar-refractivity contribution in [1.29, 1.82) is 0 Å². The summed E-state index contributed by atoms with van der Waals surface area (Å²) in [6, 6.07) is 1.92. The number of anilines is 1. The van der Waals surface area contributed by atoms with Crippen molar-refractivity contribution in [2.24, 2.45) is 0 Å². The fourth-order valence-corrected chi connectivity index (χ4v) is 2.08. The van der Waals surface area contributed by atoms with Crippen LogP contribution in [0.15, 0.2) is 18.5 Å². The quantitative estimate of drug-likeness (QED) is 0.862. The molecule has 4 nitrogen and oxygen atoms in total. The molecule has 0 radical (unpaired) electrons. The maximum Gasteiger partial charge on any atom is 0.0874 e. The van der Waals surface area contributed by atoms with Gasteiger partial charge in [-0.2, -0.15) is 0 Å². The van der Waals surface area contributed by atoms with Crippen LogP contribution in [-0.4, -0.2) is 44.4 Å². The van der Waals surface area contributed by atoms with Gasteiger partial charge in [0, 0.05) is 39.1 Å². The molecule has 1 aromatic heterocycles. The van der Waals surface area contributed by atoms with Gasteiger partial charge < -0.3 is 15.0 Å². The van der Waals surface area contributed by atoms with E-state index in [1.54, 1.807) is 12.4 Å². The van der Waals surface area contributed by atoms with Gasteiger partial charge in [0.2, 0.25) is 0 Å². The number of hydrogen-bond donors (Lipinski definition) is 1.